The summed E-state index contributed by atoms with van der Waals surface area (Å²) in [5, 5.41) is 7.36. The summed E-state index contributed by atoms with van der Waals surface area (Å²) in [6, 6.07) is 22.0. The maximum Gasteiger partial charge on any atom is 0.408 e. The highest BCUT2D eigenvalue weighted by atomic mass is 16.5. The van der Waals surface area contributed by atoms with Crippen LogP contribution in [-0.4, -0.2) is 72.4 Å². The summed E-state index contributed by atoms with van der Waals surface area (Å²) in [4.78, 5) is 54.3. The minimum absolute atomic E-state index is 0.0605. The zero-order valence-corrected chi connectivity index (χ0v) is 23.1. The summed E-state index contributed by atoms with van der Waals surface area (Å²) in [6.45, 7) is 5.49. The molecule has 0 aromatic heterocycles. The molecule has 1 heterocycles. The first kappa shape index (κ1) is 29.3. The Hall–Kier alpha value is -4.66. The summed E-state index contributed by atoms with van der Waals surface area (Å²) >= 11 is 0. The molecular formula is C32H36N4O5. The molecule has 0 spiro atoms. The third-order valence-corrected chi connectivity index (χ3v) is 7.11. The lowest BCUT2D eigenvalue weighted by atomic mass is 10.0. The van der Waals surface area contributed by atoms with Crippen LogP contribution in [0.15, 0.2) is 85.5 Å². The quantitative estimate of drug-likeness (QED) is 0.275. The van der Waals surface area contributed by atoms with Gasteiger partial charge in [0.15, 0.2) is 0 Å². The molecule has 1 atom stereocenters. The van der Waals surface area contributed by atoms with E-state index in [-0.39, 0.29) is 24.3 Å². The van der Waals surface area contributed by atoms with Crippen LogP contribution < -0.4 is 10.6 Å². The smallest absolute Gasteiger partial charge is 0.408 e. The van der Waals surface area contributed by atoms with Crippen LogP contribution in [0.5, 0.6) is 0 Å². The molecule has 4 rings (SSSR count). The van der Waals surface area contributed by atoms with Crippen molar-refractivity contribution >= 4 is 34.6 Å². The Bertz CT molecular complexity index is 1360. The molecule has 0 aliphatic carbocycles. The van der Waals surface area contributed by atoms with E-state index in [0.717, 1.165) is 16.3 Å². The first-order valence-electron chi connectivity index (χ1n) is 13.9. The number of rotatable bonds is 11. The number of alkyl carbamates (subject to hydrolysis) is 1. The number of carbonyl (C=O) groups is 4. The van der Waals surface area contributed by atoms with Crippen molar-refractivity contribution in [2.75, 3.05) is 32.7 Å². The molecule has 1 fully saturated rings. The van der Waals surface area contributed by atoms with Crippen LogP contribution >= 0.6 is 0 Å². The Morgan fingerprint density at radius 2 is 1.54 bits per heavy atom. The van der Waals surface area contributed by atoms with E-state index in [9.17, 15) is 19.2 Å². The molecule has 41 heavy (non-hydrogen) atoms. The standard InChI is InChI=1S/C32H36N4O5/c1-2-29(37)33-18-9-8-17-28(34-32(40)41-23-24-11-4-3-5-12-24)31(39)36-21-19-35(20-22-36)30(38)27-16-10-14-25-13-6-7-15-26(25)27/h2-7,10-16,28H,1,8-9,17-23H2,(H,33,37)(H,34,40)/t28-/m0/s1. The fourth-order valence-electron chi connectivity index (χ4n) is 4.85. The lowest BCUT2D eigenvalue weighted by molar-refractivity contribution is -0.135. The van der Waals surface area contributed by atoms with Crippen LogP contribution in [0.25, 0.3) is 10.8 Å². The van der Waals surface area contributed by atoms with Gasteiger partial charge in [0.25, 0.3) is 5.91 Å². The van der Waals surface area contributed by atoms with Gasteiger partial charge in [0.05, 0.1) is 0 Å². The number of fused-ring (bicyclic) bond motifs is 1. The van der Waals surface area contributed by atoms with Gasteiger partial charge in [0.1, 0.15) is 12.6 Å². The van der Waals surface area contributed by atoms with E-state index < -0.39 is 12.1 Å². The first-order chi connectivity index (χ1) is 20.0. The molecule has 2 N–H and O–H groups in total. The van der Waals surface area contributed by atoms with E-state index in [4.69, 9.17) is 4.74 Å². The molecule has 0 saturated carbocycles. The number of piperazine rings is 1. The highest BCUT2D eigenvalue weighted by molar-refractivity contribution is 6.07. The number of benzene rings is 3. The molecule has 9 heteroatoms. The van der Waals surface area contributed by atoms with E-state index in [1.165, 1.54) is 6.08 Å². The third kappa shape index (κ3) is 8.17. The number of nitrogens with one attached hydrogen (secondary N) is 2. The predicted molar refractivity (Wildman–Crippen MR) is 157 cm³/mol. The fraction of sp³-hybridized carbons (Fsp3) is 0.312. The molecule has 1 aliphatic heterocycles. The Morgan fingerprint density at radius 1 is 0.854 bits per heavy atom. The van der Waals surface area contributed by atoms with Gasteiger partial charge in [-0.25, -0.2) is 4.79 Å². The number of amides is 4. The molecule has 1 saturated heterocycles. The Balaban J connectivity index is 1.34. The average molecular weight is 557 g/mol. The number of hydrogen-bond donors (Lipinski definition) is 2. The summed E-state index contributed by atoms with van der Waals surface area (Å²) in [6.07, 6.45) is 2.17. The first-order valence-corrected chi connectivity index (χ1v) is 13.9. The molecule has 9 nitrogen and oxygen atoms in total. The zero-order valence-electron chi connectivity index (χ0n) is 23.1. The van der Waals surface area contributed by atoms with Crippen molar-refractivity contribution < 1.29 is 23.9 Å². The molecule has 0 bridgehead atoms. The van der Waals surface area contributed by atoms with Gasteiger partial charge in [-0.15, -0.1) is 0 Å². The van der Waals surface area contributed by atoms with Crippen molar-refractivity contribution in [2.45, 2.75) is 31.9 Å². The van der Waals surface area contributed by atoms with Crippen molar-refractivity contribution in [3.05, 3.63) is 96.6 Å². The van der Waals surface area contributed by atoms with Gasteiger partial charge in [-0.1, -0.05) is 73.3 Å². The highest BCUT2D eigenvalue weighted by Crippen LogP contribution is 2.21. The maximum absolute atomic E-state index is 13.5. The van der Waals surface area contributed by atoms with E-state index in [1.54, 1.807) is 9.80 Å². The van der Waals surface area contributed by atoms with Gasteiger partial charge in [-0.3, -0.25) is 14.4 Å². The molecule has 4 amide bonds. The summed E-state index contributed by atoms with van der Waals surface area (Å²) in [5.41, 5.74) is 1.49. The van der Waals surface area contributed by atoms with Crippen molar-refractivity contribution in [3.63, 3.8) is 0 Å². The lowest BCUT2D eigenvalue weighted by Gasteiger charge is -2.36. The number of nitrogens with zero attached hydrogens (tertiary/aromatic N) is 2. The predicted octanol–water partition coefficient (Wildman–Crippen LogP) is 3.89. The van der Waals surface area contributed by atoms with E-state index in [0.29, 0.717) is 57.5 Å². The second-order valence-corrected chi connectivity index (χ2v) is 9.89. The van der Waals surface area contributed by atoms with Crippen LogP contribution in [0.4, 0.5) is 4.79 Å². The zero-order chi connectivity index (χ0) is 29.0. The van der Waals surface area contributed by atoms with Crippen molar-refractivity contribution in [1.29, 1.82) is 0 Å². The average Bonchev–Trinajstić information content (AvgIpc) is 3.02. The van der Waals surface area contributed by atoms with Gasteiger partial charge in [-0.2, -0.15) is 0 Å². The number of carbonyl (C=O) groups excluding carboxylic acids is 4. The second kappa shape index (κ2) is 14.6. The highest BCUT2D eigenvalue weighted by Gasteiger charge is 2.30. The summed E-state index contributed by atoms with van der Waals surface area (Å²) in [7, 11) is 0. The summed E-state index contributed by atoms with van der Waals surface area (Å²) < 4.78 is 5.36. The minimum Gasteiger partial charge on any atom is -0.445 e. The van der Waals surface area contributed by atoms with E-state index in [1.807, 2.05) is 72.8 Å². The Morgan fingerprint density at radius 3 is 2.29 bits per heavy atom. The topological polar surface area (TPSA) is 108 Å². The molecule has 3 aromatic rings. The van der Waals surface area contributed by atoms with Crippen LogP contribution in [0, 0.1) is 0 Å². The largest absolute Gasteiger partial charge is 0.445 e. The summed E-state index contributed by atoms with van der Waals surface area (Å²) in [5.74, 6) is -0.528. The van der Waals surface area contributed by atoms with Crippen LogP contribution in [-0.2, 0) is 20.9 Å². The molecule has 0 radical (unpaired) electrons. The van der Waals surface area contributed by atoms with Crippen molar-refractivity contribution in [1.82, 2.24) is 20.4 Å². The Kier molecular flexibility index (Phi) is 10.5. The number of hydrogen-bond acceptors (Lipinski definition) is 5. The van der Waals surface area contributed by atoms with E-state index >= 15 is 0 Å². The fourth-order valence-corrected chi connectivity index (χ4v) is 4.85. The van der Waals surface area contributed by atoms with E-state index in [2.05, 4.69) is 17.2 Å². The molecular weight excluding hydrogens is 520 g/mol. The molecule has 214 valence electrons. The molecule has 3 aromatic carbocycles. The number of ether oxygens (including phenoxy) is 1. The van der Waals surface area contributed by atoms with Crippen LogP contribution in [0.3, 0.4) is 0 Å². The van der Waals surface area contributed by atoms with Gasteiger partial charge in [-0.05, 0) is 47.7 Å². The Labute approximate surface area is 240 Å². The van der Waals surface area contributed by atoms with Crippen LogP contribution in [0.1, 0.15) is 35.2 Å². The lowest BCUT2D eigenvalue weighted by Crippen LogP contribution is -2.56. The number of unbranched alkanes of at least 4 members (excludes halogenated alkanes) is 1. The van der Waals surface area contributed by atoms with Crippen LogP contribution in [0.2, 0.25) is 0 Å². The van der Waals surface area contributed by atoms with Gasteiger partial charge >= 0.3 is 6.09 Å². The molecule has 0 unspecified atom stereocenters. The van der Waals surface area contributed by atoms with Crippen molar-refractivity contribution in [2.24, 2.45) is 0 Å². The SMILES string of the molecule is C=CC(=O)NCCCC[C@H](NC(=O)OCc1ccccc1)C(=O)N1CCN(C(=O)c2cccc3ccccc23)CC1. The normalized spacial score (nSPS) is 13.8. The second-order valence-electron chi connectivity index (χ2n) is 9.89. The van der Waals surface area contributed by atoms with Crippen molar-refractivity contribution in [3.8, 4) is 0 Å². The van der Waals surface area contributed by atoms with Gasteiger partial charge < -0.3 is 25.2 Å². The molecule has 1 aliphatic rings. The van der Waals surface area contributed by atoms with Gasteiger partial charge in [0, 0.05) is 38.3 Å². The minimum atomic E-state index is -0.784. The van der Waals surface area contributed by atoms with Gasteiger partial charge in [0.2, 0.25) is 11.8 Å². The monoisotopic (exact) mass is 556 g/mol. The maximum atomic E-state index is 13.5. The third-order valence-electron chi connectivity index (χ3n) is 7.11.